The van der Waals surface area contributed by atoms with Crippen molar-refractivity contribution in [3.05, 3.63) is 35.1 Å². The first-order chi connectivity index (χ1) is 9.38. The van der Waals surface area contributed by atoms with Gasteiger partial charge in [0.25, 0.3) is 0 Å². The highest BCUT2D eigenvalue weighted by Crippen LogP contribution is 2.34. The van der Waals surface area contributed by atoms with E-state index in [0.29, 0.717) is 17.9 Å². The maximum atomic E-state index is 13.5. The van der Waals surface area contributed by atoms with E-state index in [2.05, 4.69) is 0 Å². The molecule has 20 heavy (non-hydrogen) atoms. The molecule has 0 spiro atoms. The Morgan fingerprint density at radius 2 is 1.85 bits per heavy atom. The van der Waals surface area contributed by atoms with E-state index in [-0.39, 0.29) is 0 Å². The Labute approximate surface area is 116 Å². The number of hydrogen-bond donors (Lipinski definition) is 1. The number of benzene rings is 1. The minimum Gasteiger partial charge on any atom is -0.324 e. The second-order valence-corrected chi connectivity index (χ2v) is 5.57. The van der Waals surface area contributed by atoms with Crippen LogP contribution in [0.15, 0.2) is 18.2 Å². The monoisotopic (exact) mass is 289 g/mol. The summed E-state index contributed by atoms with van der Waals surface area (Å²) in [5.74, 6) is -0.577. The zero-order valence-electron chi connectivity index (χ0n) is 11.2. The largest absolute Gasteiger partial charge is 0.419 e. The first-order valence-corrected chi connectivity index (χ1v) is 7.00. The van der Waals surface area contributed by atoms with Gasteiger partial charge in [0.15, 0.2) is 0 Å². The van der Waals surface area contributed by atoms with Gasteiger partial charge < -0.3 is 5.73 Å². The van der Waals surface area contributed by atoms with Crippen LogP contribution in [0.2, 0.25) is 0 Å². The van der Waals surface area contributed by atoms with Crippen molar-refractivity contribution in [1.82, 2.24) is 0 Å². The van der Waals surface area contributed by atoms with Gasteiger partial charge in [0.1, 0.15) is 5.82 Å². The molecule has 2 rings (SSSR count). The fraction of sp³-hybridized carbons (Fsp3) is 0.600. The van der Waals surface area contributed by atoms with Crippen LogP contribution in [-0.4, -0.2) is 0 Å². The lowest BCUT2D eigenvalue weighted by atomic mass is 9.95. The highest BCUT2D eigenvalue weighted by molar-refractivity contribution is 5.28. The summed E-state index contributed by atoms with van der Waals surface area (Å²) < 4.78 is 50.9. The fourth-order valence-electron chi connectivity index (χ4n) is 2.87. The molecule has 2 N–H and O–H groups in total. The molecule has 0 amide bonds. The molecule has 0 bridgehead atoms. The van der Waals surface area contributed by atoms with Gasteiger partial charge in [-0.25, -0.2) is 4.39 Å². The van der Waals surface area contributed by atoms with Gasteiger partial charge >= 0.3 is 6.18 Å². The fourth-order valence-corrected chi connectivity index (χ4v) is 2.87. The molecule has 0 aromatic heterocycles. The average molecular weight is 289 g/mol. The molecule has 1 nitrogen and oxygen atoms in total. The zero-order chi connectivity index (χ0) is 14.8. The second kappa shape index (κ2) is 6.12. The van der Waals surface area contributed by atoms with E-state index in [4.69, 9.17) is 5.73 Å². The van der Waals surface area contributed by atoms with Gasteiger partial charge in [0.2, 0.25) is 0 Å². The SMILES string of the molecule is NC(CCC1CCCC1)c1ccc(C(F)(F)F)c(F)c1. The van der Waals surface area contributed by atoms with Crippen LogP contribution in [0.1, 0.15) is 55.7 Å². The van der Waals surface area contributed by atoms with Crippen molar-refractivity contribution in [2.45, 2.75) is 50.7 Å². The van der Waals surface area contributed by atoms with Gasteiger partial charge in [-0.05, 0) is 36.5 Å². The summed E-state index contributed by atoms with van der Waals surface area (Å²) in [6.45, 7) is 0. The summed E-state index contributed by atoms with van der Waals surface area (Å²) in [5, 5.41) is 0. The van der Waals surface area contributed by atoms with Crippen LogP contribution in [0.4, 0.5) is 17.6 Å². The predicted octanol–water partition coefficient (Wildman–Crippen LogP) is 4.81. The van der Waals surface area contributed by atoms with E-state index >= 15 is 0 Å². The standard InChI is InChI=1S/C15H19F4N/c16-13-9-11(6-7-12(13)15(17,18)19)14(20)8-5-10-3-1-2-4-10/h6-7,9-10,14H,1-5,8,20H2. The molecule has 1 unspecified atom stereocenters. The van der Waals surface area contributed by atoms with Crippen molar-refractivity contribution < 1.29 is 17.6 Å². The maximum absolute atomic E-state index is 13.5. The lowest BCUT2D eigenvalue weighted by Crippen LogP contribution is -2.14. The minimum atomic E-state index is -4.66. The topological polar surface area (TPSA) is 26.0 Å². The summed E-state index contributed by atoms with van der Waals surface area (Å²) >= 11 is 0. The van der Waals surface area contributed by atoms with Crippen molar-refractivity contribution in [3.63, 3.8) is 0 Å². The predicted molar refractivity (Wildman–Crippen MR) is 69.5 cm³/mol. The lowest BCUT2D eigenvalue weighted by Gasteiger charge is -2.16. The van der Waals surface area contributed by atoms with Gasteiger partial charge in [-0.15, -0.1) is 0 Å². The van der Waals surface area contributed by atoms with Crippen LogP contribution in [0.25, 0.3) is 0 Å². The van der Waals surface area contributed by atoms with Crippen molar-refractivity contribution in [1.29, 1.82) is 0 Å². The van der Waals surface area contributed by atoms with Gasteiger partial charge in [-0.2, -0.15) is 13.2 Å². The number of halogens is 4. The number of alkyl halides is 3. The molecule has 1 aliphatic rings. The molecule has 0 aliphatic heterocycles. The molecule has 1 fully saturated rings. The summed E-state index contributed by atoms with van der Waals surface area (Å²) in [6.07, 6.45) is 1.89. The minimum absolute atomic E-state index is 0.396. The number of nitrogens with two attached hydrogens (primary N) is 1. The molecule has 1 atom stereocenters. The first kappa shape index (κ1) is 15.3. The third-order valence-electron chi connectivity index (χ3n) is 4.09. The van der Waals surface area contributed by atoms with Gasteiger partial charge in [0.05, 0.1) is 5.56 Å². The average Bonchev–Trinajstić information content (AvgIpc) is 2.87. The Bertz CT molecular complexity index is 450. The van der Waals surface area contributed by atoms with Crippen LogP contribution in [0.5, 0.6) is 0 Å². The Hall–Kier alpha value is -1.10. The third-order valence-corrected chi connectivity index (χ3v) is 4.09. The van der Waals surface area contributed by atoms with Gasteiger partial charge in [-0.3, -0.25) is 0 Å². The number of rotatable bonds is 4. The summed E-state index contributed by atoms with van der Waals surface area (Å²) in [7, 11) is 0. The third kappa shape index (κ3) is 3.72. The molecule has 0 saturated heterocycles. The molecule has 0 heterocycles. The molecule has 1 aliphatic carbocycles. The molecule has 1 aromatic rings. The first-order valence-electron chi connectivity index (χ1n) is 7.00. The van der Waals surface area contributed by atoms with E-state index < -0.39 is 23.6 Å². The van der Waals surface area contributed by atoms with E-state index in [0.717, 1.165) is 18.6 Å². The Morgan fingerprint density at radius 3 is 2.40 bits per heavy atom. The number of hydrogen-bond acceptors (Lipinski definition) is 1. The van der Waals surface area contributed by atoms with Crippen LogP contribution in [0.3, 0.4) is 0 Å². The molecule has 1 saturated carbocycles. The molecule has 0 radical (unpaired) electrons. The normalized spacial score (nSPS) is 18.4. The Kier molecular flexibility index (Phi) is 4.68. The van der Waals surface area contributed by atoms with E-state index in [1.54, 1.807) is 0 Å². The molecular formula is C15H19F4N. The second-order valence-electron chi connectivity index (χ2n) is 5.57. The van der Waals surface area contributed by atoms with E-state index in [1.807, 2.05) is 0 Å². The van der Waals surface area contributed by atoms with Crippen LogP contribution in [-0.2, 0) is 6.18 Å². The molecular weight excluding hydrogens is 270 g/mol. The van der Waals surface area contributed by atoms with Gasteiger partial charge in [-0.1, -0.05) is 31.7 Å². The zero-order valence-corrected chi connectivity index (χ0v) is 11.2. The van der Waals surface area contributed by atoms with Crippen molar-refractivity contribution in [2.75, 3.05) is 0 Å². The Balaban J connectivity index is 1.99. The van der Waals surface area contributed by atoms with Crippen molar-refractivity contribution in [2.24, 2.45) is 11.7 Å². The van der Waals surface area contributed by atoms with Crippen LogP contribution < -0.4 is 5.73 Å². The summed E-state index contributed by atoms with van der Waals surface area (Å²) in [6, 6.07) is 2.58. The molecule has 1 aromatic carbocycles. The lowest BCUT2D eigenvalue weighted by molar-refractivity contribution is -0.140. The smallest absolute Gasteiger partial charge is 0.324 e. The highest BCUT2D eigenvalue weighted by atomic mass is 19.4. The van der Waals surface area contributed by atoms with Gasteiger partial charge in [0, 0.05) is 6.04 Å². The van der Waals surface area contributed by atoms with Crippen LogP contribution in [0, 0.1) is 11.7 Å². The molecule has 5 heteroatoms. The Morgan fingerprint density at radius 1 is 1.20 bits per heavy atom. The van der Waals surface area contributed by atoms with E-state index in [9.17, 15) is 17.6 Å². The van der Waals surface area contributed by atoms with Crippen molar-refractivity contribution in [3.8, 4) is 0 Å². The highest BCUT2D eigenvalue weighted by Gasteiger charge is 2.34. The maximum Gasteiger partial charge on any atom is 0.419 e. The van der Waals surface area contributed by atoms with Crippen LogP contribution >= 0.6 is 0 Å². The van der Waals surface area contributed by atoms with Crippen molar-refractivity contribution >= 4 is 0 Å². The van der Waals surface area contributed by atoms with E-state index in [1.165, 1.54) is 31.7 Å². The quantitative estimate of drug-likeness (QED) is 0.790. The molecule has 112 valence electrons. The summed E-state index contributed by atoms with van der Waals surface area (Å²) in [5.41, 5.74) is 5.16. The summed E-state index contributed by atoms with van der Waals surface area (Å²) in [4.78, 5) is 0.